The Morgan fingerprint density at radius 2 is 1.75 bits per heavy atom. The minimum Gasteiger partial charge on any atom is -0.373 e. The molecule has 0 aromatic rings. The second-order valence-electron chi connectivity index (χ2n) is 2.92. The van der Waals surface area contributed by atoms with Crippen LogP contribution in [-0.4, -0.2) is 12.7 Å². The van der Waals surface area contributed by atoms with Gasteiger partial charge in [0.25, 0.3) is 0 Å². The van der Waals surface area contributed by atoms with Gasteiger partial charge in [-0.1, -0.05) is 12.8 Å². The smallest absolute Gasteiger partial charge is 0.0838 e. The van der Waals surface area contributed by atoms with Crippen LogP contribution in [0.15, 0.2) is 0 Å². The summed E-state index contributed by atoms with van der Waals surface area (Å²) < 4.78 is 5.19. The van der Waals surface area contributed by atoms with E-state index >= 15 is 0 Å². The molecule has 1 nitrogen and oxygen atoms in total. The molecule has 1 saturated carbocycles. The van der Waals surface area contributed by atoms with E-state index in [4.69, 9.17) is 4.74 Å². The molecule has 1 heteroatoms. The van der Waals surface area contributed by atoms with E-state index in [0.717, 1.165) is 12.5 Å². The van der Waals surface area contributed by atoms with Crippen molar-refractivity contribution in [2.45, 2.75) is 31.8 Å². The highest BCUT2D eigenvalue weighted by Gasteiger charge is 2.33. The minimum atomic E-state index is 0.692. The van der Waals surface area contributed by atoms with Crippen molar-refractivity contribution in [2.24, 2.45) is 5.92 Å². The van der Waals surface area contributed by atoms with Crippen molar-refractivity contribution in [2.75, 3.05) is 6.61 Å². The lowest BCUT2D eigenvalue weighted by Gasteiger charge is -1.99. The third kappa shape index (κ3) is 0.752. The zero-order chi connectivity index (χ0) is 5.40. The van der Waals surface area contributed by atoms with E-state index < -0.39 is 0 Å². The number of hydrogen-bond donors (Lipinski definition) is 0. The van der Waals surface area contributed by atoms with Gasteiger partial charge in [0.05, 0.1) is 12.7 Å². The van der Waals surface area contributed by atoms with Crippen molar-refractivity contribution < 1.29 is 4.74 Å². The molecule has 2 aliphatic rings. The summed E-state index contributed by atoms with van der Waals surface area (Å²) in [5, 5.41) is 0. The van der Waals surface area contributed by atoms with Crippen LogP contribution in [0.2, 0.25) is 0 Å². The molecule has 0 spiro atoms. The summed E-state index contributed by atoms with van der Waals surface area (Å²) in [7, 11) is 0. The summed E-state index contributed by atoms with van der Waals surface area (Å²) >= 11 is 0. The van der Waals surface area contributed by atoms with Gasteiger partial charge in [0.1, 0.15) is 0 Å². The van der Waals surface area contributed by atoms with Crippen molar-refractivity contribution in [1.29, 1.82) is 0 Å². The first-order chi connectivity index (χ1) is 3.97. The highest BCUT2D eigenvalue weighted by molar-refractivity contribution is 4.82. The lowest BCUT2D eigenvalue weighted by molar-refractivity contribution is 0.332. The van der Waals surface area contributed by atoms with E-state index in [9.17, 15) is 0 Å². The molecule has 0 amide bonds. The molecule has 1 aliphatic carbocycles. The Labute approximate surface area is 50.0 Å². The monoisotopic (exact) mass is 112 g/mol. The van der Waals surface area contributed by atoms with Gasteiger partial charge in [-0.05, 0) is 18.8 Å². The second-order valence-corrected chi connectivity index (χ2v) is 2.92. The van der Waals surface area contributed by atoms with Crippen molar-refractivity contribution in [3.05, 3.63) is 0 Å². The Morgan fingerprint density at radius 1 is 1.12 bits per heavy atom. The summed E-state index contributed by atoms with van der Waals surface area (Å²) in [6.07, 6.45) is 6.46. The lowest BCUT2D eigenvalue weighted by atomic mass is 10.1. The molecule has 2 fully saturated rings. The maximum Gasteiger partial charge on any atom is 0.0838 e. The zero-order valence-corrected chi connectivity index (χ0v) is 5.10. The van der Waals surface area contributed by atoms with Crippen LogP contribution in [0.4, 0.5) is 0 Å². The normalized spacial score (nSPS) is 38.2. The average molecular weight is 112 g/mol. The van der Waals surface area contributed by atoms with Crippen molar-refractivity contribution in [3.63, 3.8) is 0 Å². The molecule has 0 N–H and O–H groups in total. The van der Waals surface area contributed by atoms with E-state index in [2.05, 4.69) is 0 Å². The molecule has 1 heterocycles. The van der Waals surface area contributed by atoms with Crippen LogP contribution in [-0.2, 0) is 4.74 Å². The van der Waals surface area contributed by atoms with Gasteiger partial charge < -0.3 is 4.74 Å². The predicted octanol–water partition coefficient (Wildman–Crippen LogP) is 1.58. The number of rotatable bonds is 1. The molecule has 0 radical (unpaired) electrons. The largest absolute Gasteiger partial charge is 0.373 e. The molecule has 0 aromatic carbocycles. The van der Waals surface area contributed by atoms with Gasteiger partial charge >= 0.3 is 0 Å². The fourth-order valence-electron chi connectivity index (χ4n) is 1.66. The van der Waals surface area contributed by atoms with Crippen molar-refractivity contribution in [3.8, 4) is 0 Å². The maximum absolute atomic E-state index is 5.19. The molecular formula is C7H12O. The van der Waals surface area contributed by atoms with Crippen LogP contribution >= 0.6 is 0 Å². The Morgan fingerprint density at radius 3 is 2.25 bits per heavy atom. The van der Waals surface area contributed by atoms with E-state index in [0.29, 0.717) is 6.10 Å². The fourth-order valence-corrected chi connectivity index (χ4v) is 1.66. The highest BCUT2D eigenvalue weighted by Crippen LogP contribution is 2.34. The molecule has 46 valence electrons. The first-order valence-corrected chi connectivity index (χ1v) is 3.58. The summed E-state index contributed by atoms with van der Waals surface area (Å²) in [4.78, 5) is 0. The molecule has 0 bridgehead atoms. The zero-order valence-electron chi connectivity index (χ0n) is 5.10. The molecule has 1 atom stereocenters. The molecule has 0 aromatic heterocycles. The molecular weight excluding hydrogens is 100 g/mol. The van der Waals surface area contributed by atoms with E-state index in [1.165, 1.54) is 25.7 Å². The third-order valence-corrected chi connectivity index (χ3v) is 2.28. The Balaban J connectivity index is 1.86. The van der Waals surface area contributed by atoms with Gasteiger partial charge in [-0.15, -0.1) is 0 Å². The Kier molecular flexibility index (Phi) is 1.04. The summed E-state index contributed by atoms with van der Waals surface area (Å²) in [5.74, 6) is 0.954. The quantitative estimate of drug-likeness (QED) is 0.469. The van der Waals surface area contributed by atoms with Crippen LogP contribution in [0, 0.1) is 5.92 Å². The Hall–Kier alpha value is -0.0400. The van der Waals surface area contributed by atoms with Gasteiger partial charge in [0, 0.05) is 0 Å². The van der Waals surface area contributed by atoms with E-state index in [1.54, 1.807) is 0 Å². The lowest BCUT2D eigenvalue weighted by Crippen LogP contribution is -2.00. The van der Waals surface area contributed by atoms with Crippen LogP contribution in [0.25, 0.3) is 0 Å². The highest BCUT2D eigenvalue weighted by atomic mass is 16.6. The van der Waals surface area contributed by atoms with Crippen LogP contribution in [0.3, 0.4) is 0 Å². The molecule has 0 unspecified atom stereocenters. The van der Waals surface area contributed by atoms with Crippen molar-refractivity contribution in [1.82, 2.24) is 0 Å². The Bertz CT molecular complexity index is 80.4. The molecule has 1 aliphatic heterocycles. The topological polar surface area (TPSA) is 12.5 Å². The van der Waals surface area contributed by atoms with Crippen LogP contribution < -0.4 is 0 Å². The number of epoxide rings is 1. The van der Waals surface area contributed by atoms with Crippen molar-refractivity contribution >= 4 is 0 Å². The maximum atomic E-state index is 5.19. The predicted molar refractivity (Wildman–Crippen MR) is 31.7 cm³/mol. The summed E-state index contributed by atoms with van der Waals surface area (Å²) in [6.45, 7) is 1.06. The standard InChI is InChI=1S/C7H12O/c1-2-4-6(3-1)7-5-8-7/h6-7H,1-5H2/t7-/m0/s1. The summed E-state index contributed by atoms with van der Waals surface area (Å²) in [5.41, 5.74) is 0. The first kappa shape index (κ1) is 4.80. The molecule has 2 rings (SSSR count). The van der Waals surface area contributed by atoms with Gasteiger partial charge in [0.2, 0.25) is 0 Å². The SMILES string of the molecule is C1CCC([C@@H]2CO2)C1. The van der Waals surface area contributed by atoms with Gasteiger partial charge in [-0.2, -0.15) is 0 Å². The number of ether oxygens (including phenoxy) is 1. The van der Waals surface area contributed by atoms with E-state index in [-0.39, 0.29) is 0 Å². The first-order valence-electron chi connectivity index (χ1n) is 3.58. The van der Waals surface area contributed by atoms with Crippen LogP contribution in [0.5, 0.6) is 0 Å². The van der Waals surface area contributed by atoms with Gasteiger partial charge in [-0.25, -0.2) is 0 Å². The van der Waals surface area contributed by atoms with Crippen LogP contribution in [0.1, 0.15) is 25.7 Å². The molecule has 8 heavy (non-hydrogen) atoms. The third-order valence-electron chi connectivity index (χ3n) is 2.28. The fraction of sp³-hybridized carbons (Fsp3) is 1.00. The summed E-state index contributed by atoms with van der Waals surface area (Å²) in [6, 6.07) is 0. The van der Waals surface area contributed by atoms with Gasteiger partial charge in [0.15, 0.2) is 0 Å². The van der Waals surface area contributed by atoms with E-state index in [1.807, 2.05) is 0 Å². The number of hydrogen-bond acceptors (Lipinski definition) is 1. The van der Waals surface area contributed by atoms with Gasteiger partial charge in [-0.3, -0.25) is 0 Å². The molecule has 1 saturated heterocycles. The average Bonchev–Trinajstić information content (AvgIpc) is 2.49. The minimum absolute atomic E-state index is 0.692. The second kappa shape index (κ2) is 1.73.